The Labute approximate surface area is 286 Å². The number of anilines is 3. The molecule has 0 spiro atoms. The highest BCUT2D eigenvalue weighted by molar-refractivity contribution is 7.26. The zero-order valence-electron chi connectivity index (χ0n) is 27.8. The summed E-state index contributed by atoms with van der Waals surface area (Å²) in [4.78, 5) is 2.54. The molecular formula is C46H37NS. The van der Waals surface area contributed by atoms with Crippen molar-refractivity contribution < 1.29 is 0 Å². The van der Waals surface area contributed by atoms with E-state index < -0.39 is 0 Å². The van der Waals surface area contributed by atoms with E-state index in [0.717, 1.165) is 0 Å². The first-order valence-corrected chi connectivity index (χ1v) is 17.8. The lowest BCUT2D eigenvalue weighted by molar-refractivity contribution is 0.659. The SMILES string of the molecule is CC(C)c1cccc2c1-c1ccc(N(c3cc4ccccc4cc3-c3ccccc3)c3cccc4sc5ccccc5c34)cc1C2(C)C. The van der Waals surface area contributed by atoms with Gasteiger partial charge in [-0.1, -0.05) is 131 Å². The van der Waals surface area contributed by atoms with Gasteiger partial charge in [-0.25, -0.2) is 0 Å². The molecule has 7 aromatic carbocycles. The maximum atomic E-state index is 2.54. The van der Waals surface area contributed by atoms with E-state index in [1.54, 1.807) is 0 Å². The molecule has 1 aliphatic rings. The molecule has 0 unspecified atom stereocenters. The third-order valence-corrected chi connectivity index (χ3v) is 11.5. The van der Waals surface area contributed by atoms with Gasteiger partial charge in [0.2, 0.25) is 0 Å². The van der Waals surface area contributed by atoms with Crippen molar-refractivity contribution in [3.05, 3.63) is 162 Å². The van der Waals surface area contributed by atoms with Crippen LogP contribution in [0.5, 0.6) is 0 Å². The Bertz CT molecular complexity index is 2520. The second kappa shape index (κ2) is 10.9. The quantitative estimate of drug-likeness (QED) is 0.182. The van der Waals surface area contributed by atoms with Crippen molar-refractivity contribution in [1.82, 2.24) is 0 Å². The Morgan fingerprint density at radius 3 is 2.08 bits per heavy atom. The largest absolute Gasteiger partial charge is 0.309 e. The first-order chi connectivity index (χ1) is 23.4. The van der Waals surface area contributed by atoms with Gasteiger partial charge in [0.1, 0.15) is 0 Å². The zero-order valence-corrected chi connectivity index (χ0v) is 28.6. The number of hydrogen-bond acceptors (Lipinski definition) is 2. The molecule has 1 heterocycles. The Morgan fingerprint density at radius 1 is 0.562 bits per heavy atom. The summed E-state index contributed by atoms with van der Waals surface area (Å²) >= 11 is 1.88. The third-order valence-electron chi connectivity index (χ3n) is 10.4. The smallest absolute Gasteiger partial charge is 0.0555 e. The lowest BCUT2D eigenvalue weighted by Crippen LogP contribution is -2.17. The monoisotopic (exact) mass is 635 g/mol. The normalized spacial score (nSPS) is 13.4. The molecule has 0 saturated carbocycles. The first-order valence-electron chi connectivity index (χ1n) is 17.0. The topological polar surface area (TPSA) is 3.24 Å². The van der Waals surface area contributed by atoms with Crippen LogP contribution in [0.1, 0.15) is 50.3 Å². The van der Waals surface area contributed by atoms with Gasteiger partial charge >= 0.3 is 0 Å². The second-order valence-electron chi connectivity index (χ2n) is 13.9. The summed E-state index contributed by atoms with van der Waals surface area (Å²) < 4.78 is 2.62. The van der Waals surface area contributed by atoms with Crippen molar-refractivity contribution >= 4 is 59.3 Å². The highest BCUT2D eigenvalue weighted by Gasteiger charge is 2.38. The second-order valence-corrected chi connectivity index (χ2v) is 15.0. The third kappa shape index (κ3) is 4.36. The van der Waals surface area contributed by atoms with E-state index in [1.807, 2.05) is 11.3 Å². The summed E-state index contributed by atoms with van der Waals surface area (Å²) in [6.07, 6.45) is 0. The number of hydrogen-bond donors (Lipinski definition) is 0. The molecule has 0 amide bonds. The molecule has 1 aliphatic carbocycles. The molecule has 0 aliphatic heterocycles. The molecule has 0 atom stereocenters. The predicted octanol–water partition coefficient (Wildman–Crippen LogP) is 13.8. The molecule has 8 aromatic rings. The van der Waals surface area contributed by atoms with Crippen molar-refractivity contribution in [2.75, 3.05) is 4.90 Å². The van der Waals surface area contributed by atoms with Crippen LogP contribution in [0, 0.1) is 0 Å². The maximum Gasteiger partial charge on any atom is 0.0555 e. The molecular weight excluding hydrogens is 599 g/mol. The number of fused-ring (bicyclic) bond motifs is 7. The van der Waals surface area contributed by atoms with Crippen molar-refractivity contribution in [2.45, 2.75) is 39.0 Å². The standard InChI is InChI=1S/C46H37NS/c1-29(2)34-19-12-20-38-44(34)35-25-24-33(28-39(35)46(38,3)4)47(40-21-13-23-43-45(40)36-18-10-11-22-42(36)48-43)41-27-32-17-9-8-16-31(32)26-37(41)30-14-6-5-7-15-30/h5-29H,1-4H3. The summed E-state index contributed by atoms with van der Waals surface area (Å²) in [5, 5.41) is 5.08. The highest BCUT2D eigenvalue weighted by Crippen LogP contribution is 2.54. The van der Waals surface area contributed by atoms with Gasteiger partial charge in [0.25, 0.3) is 0 Å². The molecule has 232 valence electrons. The van der Waals surface area contributed by atoms with Crippen LogP contribution in [-0.2, 0) is 5.41 Å². The predicted molar refractivity (Wildman–Crippen MR) is 209 cm³/mol. The van der Waals surface area contributed by atoms with Crippen LogP contribution >= 0.6 is 11.3 Å². The molecule has 0 saturated heterocycles. The van der Waals surface area contributed by atoms with E-state index in [4.69, 9.17) is 0 Å². The fourth-order valence-corrected chi connectivity index (χ4v) is 9.16. The Morgan fingerprint density at radius 2 is 1.27 bits per heavy atom. The van der Waals surface area contributed by atoms with Crippen molar-refractivity contribution in [3.8, 4) is 22.3 Å². The van der Waals surface area contributed by atoms with Gasteiger partial charge in [0.15, 0.2) is 0 Å². The van der Waals surface area contributed by atoms with Crippen LogP contribution in [-0.4, -0.2) is 0 Å². The van der Waals surface area contributed by atoms with Crippen LogP contribution < -0.4 is 4.90 Å². The van der Waals surface area contributed by atoms with E-state index >= 15 is 0 Å². The van der Waals surface area contributed by atoms with Crippen LogP contribution in [0.2, 0.25) is 0 Å². The number of thiophene rings is 1. The van der Waals surface area contributed by atoms with Crippen LogP contribution in [0.4, 0.5) is 17.1 Å². The van der Waals surface area contributed by atoms with Gasteiger partial charge in [-0.3, -0.25) is 0 Å². The molecule has 9 rings (SSSR count). The van der Waals surface area contributed by atoms with Gasteiger partial charge in [-0.2, -0.15) is 0 Å². The fourth-order valence-electron chi connectivity index (χ4n) is 8.04. The Kier molecular flexibility index (Phi) is 6.61. The highest BCUT2D eigenvalue weighted by atomic mass is 32.1. The minimum Gasteiger partial charge on any atom is -0.309 e. The first kappa shape index (κ1) is 29.0. The van der Waals surface area contributed by atoms with E-state index in [2.05, 4.69) is 178 Å². The molecule has 0 N–H and O–H groups in total. The van der Waals surface area contributed by atoms with Crippen molar-refractivity contribution in [1.29, 1.82) is 0 Å². The maximum absolute atomic E-state index is 2.54. The summed E-state index contributed by atoms with van der Waals surface area (Å²) in [6.45, 7) is 9.42. The van der Waals surface area contributed by atoms with Crippen molar-refractivity contribution in [2.24, 2.45) is 0 Å². The van der Waals surface area contributed by atoms with Crippen LogP contribution in [0.3, 0.4) is 0 Å². The van der Waals surface area contributed by atoms with Crippen molar-refractivity contribution in [3.63, 3.8) is 0 Å². The van der Waals surface area contributed by atoms with Gasteiger partial charge in [-0.15, -0.1) is 11.3 Å². The molecule has 0 radical (unpaired) electrons. The fraction of sp³-hybridized carbons (Fsp3) is 0.130. The lowest BCUT2D eigenvalue weighted by Gasteiger charge is -2.31. The van der Waals surface area contributed by atoms with E-state index in [9.17, 15) is 0 Å². The minimum absolute atomic E-state index is 0.121. The number of nitrogens with zero attached hydrogens (tertiary/aromatic N) is 1. The molecule has 2 heteroatoms. The van der Waals surface area contributed by atoms with E-state index in [-0.39, 0.29) is 5.41 Å². The lowest BCUT2D eigenvalue weighted by atomic mass is 9.81. The summed E-state index contributed by atoms with van der Waals surface area (Å²) in [5.74, 6) is 0.452. The molecule has 1 aromatic heterocycles. The van der Waals surface area contributed by atoms with Gasteiger partial charge < -0.3 is 4.90 Å². The number of rotatable bonds is 5. The zero-order chi connectivity index (χ0) is 32.6. The summed E-state index contributed by atoms with van der Waals surface area (Å²) in [5.41, 5.74) is 12.9. The minimum atomic E-state index is -0.121. The van der Waals surface area contributed by atoms with E-state index in [1.165, 1.54) is 87.0 Å². The molecule has 48 heavy (non-hydrogen) atoms. The number of benzene rings is 7. The van der Waals surface area contributed by atoms with Gasteiger partial charge in [0.05, 0.1) is 11.4 Å². The Balaban J connectivity index is 1.38. The van der Waals surface area contributed by atoms with E-state index in [0.29, 0.717) is 5.92 Å². The summed E-state index contributed by atoms with van der Waals surface area (Å²) in [6, 6.07) is 54.2. The molecule has 0 bridgehead atoms. The molecule has 0 fully saturated rings. The van der Waals surface area contributed by atoms with Gasteiger partial charge in [-0.05, 0) is 92.5 Å². The van der Waals surface area contributed by atoms with Gasteiger partial charge in [0, 0.05) is 36.8 Å². The average Bonchev–Trinajstić information content (AvgIpc) is 3.61. The van der Waals surface area contributed by atoms with Crippen LogP contribution in [0.15, 0.2) is 146 Å². The Hall–Kier alpha value is -5.18. The summed E-state index contributed by atoms with van der Waals surface area (Å²) in [7, 11) is 0. The average molecular weight is 636 g/mol. The molecule has 1 nitrogen and oxygen atoms in total. The van der Waals surface area contributed by atoms with Crippen LogP contribution in [0.25, 0.3) is 53.2 Å².